The lowest BCUT2D eigenvalue weighted by Crippen LogP contribution is -2.47. The van der Waals surface area contributed by atoms with Gasteiger partial charge in [0.1, 0.15) is 6.04 Å². The van der Waals surface area contributed by atoms with Crippen LogP contribution in [-0.2, 0) is 4.79 Å². The molecular weight excluding hydrogens is 272 g/mol. The summed E-state index contributed by atoms with van der Waals surface area (Å²) in [6.45, 7) is 0.633. The van der Waals surface area contributed by atoms with Gasteiger partial charge in [-0.25, -0.2) is 9.59 Å². The van der Waals surface area contributed by atoms with Crippen LogP contribution in [0.2, 0.25) is 0 Å². The minimum atomic E-state index is -0.976. The molecular formula is C11H20N2O3S2. The first-order chi connectivity index (χ1) is 8.63. The van der Waals surface area contributed by atoms with E-state index in [0.29, 0.717) is 18.9 Å². The SMILES string of the molecule is CSCC[C@@H](NC(=O)NCC1CCSC1)C(=O)O. The normalized spacial score (nSPS) is 20.4. The summed E-state index contributed by atoms with van der Waals surface area (Å²) in [4.78, 5) is 22.5. The Morgan fingerprint density at radius 1 is 1.56 bits per heavy atom. The minimum absolute atomic E-state index is 0.375. The van der Waals surface area contributed by atoms with Crippen molar-refractivity contribution >= 4 is 35.5 Å². The Balaban J connectivity index is 2.24. The molecule has 0 radical (unpaired) electrons. The third-order valence-electron chi connectivity index (χ3n) is 2.79. The van der Waals surface area contributed by atoms with Crippen molar-refractivity contribution < 1.29 is 14.7 Å². The molecule has 0 saturated carbocycles. The number of carbonyl (C=O) groups is 2. The van der Waals surface area contributed by atoms with Crippen molar-refractivity contribution in [2.75, 3.05) is 30.1 Å². The molecule has 2 atom stereocenters. The fourth-order valence-corrected chi connectivity index (χ4v) is 3.44. The van der Waals surface area contributed by atoms with Crippen molar-refractivity contribution in [3.63, 3.8) is 0 Å². The molecule has 0 aromatic carbocycles. The molecule has 3 N–H and O–H groups in total. The second-order valence-electron chi connectivity index (χ2n) is 4.26. The third-order valence-corrected chi connectivity index (χ3v) is 4.66. The van der Waals surface area contributed by atoms with Gasteiger partial charge in [0.05, 0.1) is 0 Å². The second kappa shape index (κ2) is 8.53. The van der Waals surface area contributed by atoms with Gasteiger partial charge in [-0.05, 0) is 42.3 Å². The Morgan fingerprint density at radius 2 is 2.33 bits per heavy atom. The number of nitrogens with one attached hydrogen (secondary N) is 2. The molecule has 104 valence electrons. The van der Waals surface area contributed by atoms with Crippen LogP contribution in [0.1, 0.15) is 12.8 Å². The topological polar surface area (TPSA) is 78.4 Å². The molecule has 0 aromatic heterocycles. The van der Waals surface area contributed by atoms with Gasteiger partial charge < -0.3 is 15.7 Å². The molecule has 1 aliphatic rings. The van der Waals surface area contributed by atoms with E-state index in [1.165, 1.54) is 0 Å². The maximum Gasteiger partial charge on any atom is 0.326 e. The Morgan fingerprint density at radius 3 is 2.89 bits per heavy atom. The molecule has 0 bridgehead atoms. The molecule has 1 rings (SSSR count). The fourth-order valence-electron chi connectivity index (χ4n) is 1.68. The van der Waals surface area contributed by atoms with E-state index in [0.717, 1.165) is 23.7 Å². The van der Waals surface area contributed by atoms with Gasteiger partial charge in [0, 0.05) is 6.54 Å². The van der Waals surface area contributed by atoms with Crippen LogP contribution >= 0.6 is 23.5 Å². The van der Waals surface area contributed by atoms with Crippen LogP contribution in [0.15, 0.2) is 0 Å². The van der Waals surface area contributed by atoms with Gasteiger partial charge in [0.25, 0.3) is 0 Å². The van der Waals surface area contributed by atoms with Crippen LogP contribution in [0.5, 0.6) is 0 Å². The van der Waals surface area contributed by atoms with Gasteiger partial charge >= 0.3 is 12.0 Å². The maximum absolute atomic E-state index is 11.6. The van der Waals surface area contributed by atoms with E-state index in [-0.39, 0.29) is 6.03 Å². The summed E-state index contributed by atoms with van der Waals surface area (Å²) < 4.78 is 0. The first kappa shape index (κ1) is 15.5. The van der Waals surface area contributed by atoms with Crippen molar-refractivity contribution in [1.29, 1.82) is 0 Å². The second-order valence-corrected chi connectivity index (χ2v) is 6.39. The predicted octanol–water partition coefficient (Wildman–Crippen LogP) is 1.24. The van der Waals surface area contributed by atoms with Gasteiger partial charge in [-0.3, -0.25) is 0 Å². The smallest absolute Gasteiger partial charge is 0.326 e. The van der Waals surface area contributed by atoms with Crippen LogP contribution in [0.3, 0.4) is 0 Å². The van der Waals surface area contributed by atoms with Crippen LogP contribution in [0, 0.1) is 5.92 Å². The monoisotopic (exact) mass is 292 g/mol. The summed E-state index contributed by atoms with van der Waals surface area (Å²) in [7, 11) is 0. The van der Waals surface area contributed by atoms with Crippen LogP contribution in [0.4, 0.5) is 4.79 Å². The van der Waals surface area contributed by atoms with Crippen LogP contribution < -0.4 is 10.6 Å². The highest BCUT2D eigenvalue weighted by Crippen LogP contribution is 2.22. The van der Waals surface area contributed by atoms with E-state index >= 15 is 0 Å². The summed E-state index contributed by atoms with van der Waals surface area (Å²) in [5, 5.41) is 14.2. The standard InChI is InChI=1S/C11H20N2O3S2/c1-17-4-3-9(10(14)15)13-11(16)12-6-8-2-5-18-7-8/h8-9H,2-7H2,1H3,(H,14,15)(H2,12,13,16)/t8?,9-/m1/s1. The molecule has 0 aliphatic carbocycles. The number of hydrogen-bond acceptors (Lipinski definition) is 4. The number of carboxylic acid groups (broad SMARTS) is 1. The largest absolute Gasteiger partial charge is 0.480 e. The number of urea groups is 1. The Kier molecular flexibility index (Phi) is 7.34. The minimum Gasteiger partial charge on any atom is -0.480 e. The quantitative estimate of drug-likeness (QED) is 0.658. The molecule has 1 saturated heterocycles. The van der Waals surface area contributed by atoms with Gasteiger partial charge in [0.15, 0.2) is 0 Å². The van der Waals surface area contributed by atoms with E-state index in [2.05, 4.69) is 10.6 Å². The lowest BCUT2D eigenvalue weighted by Gasteiger charge is -2.16. The van der Waals surface area contributed by atoms with Crippen LogP contribution in [-0.4, -0.2) is 53.2 Å². The predicted molar refractivity (Wildman–Crippen MR) is 76.4 cm³/mol. The molecule has 1 aliphatic heterocycles. The maximum atomic E-state index is 11.6. The van der Waals surface area contributed by atoms with E-state index < -0.39 is 12.0 Å². The summed E-state index contributed by atoms with van der Waals surface area (Å²) in [5.74, 6) is 2.50. The number of aliphatic carboxylic acids is 1. The van der Waals surface area contributed by atoms with Crippen molar-refractivity contribution in [2.24, 2.45) is 5.92 Å². The molecule has 1 unspecified atom stereocenters. The van der Waals surface area contributed by atoms with E-state index in [4.69, 9.17) is 5.11 Å². The number of thioether (sulfide) groups is 2. The molecule has 18 heavy (non-hydrogen) atoms. The Labute approximate surface area is 116 Å². The molecule has 2 amide bonds. The Hall–Kier alpha value is -0.560. The molecule has 1 fully saturated rings. The number of amides is 2. The van der Waals surface area contributed by atoms with E-state index in [1.54, 1.807) is 11.8 Å². The number of carboxylic acids is 1. The van der Waals surface area contributed by atoms with Crippen molar-refractivity contribution in [1.82, 2.24) is 10.6 Å². The summed E-state index contributed by atoms with van der Waals surface area (Å²) in [6, 6.07) is -1.17. The molecule has 7 heteroatoms. The molecule has 0 aromatic rings. The highest BCUT2D eigenvalue weighted by atomic mass is 32.2. The van der Waals surface area contributed by atoms with Gasteiger partial charge in [0.2, 0.25) is 0 Å². The lowest BCUT2D eigenvalue weighted by molar-refractivity contribution is -0.139. The highest BCUT2D eigenvalue weighted by molar-refractivity contribution is 7.99. The zero-order valence-electron chi connectivity index (χ0n) is 10.5. The first-order valence-electron chi connectivity index (χ1n) is 5.97. The molecule has 5 nitrogen and oxygen atoms in total. The van der Waals surface area contributed by atoms with Crippen molar-refractivity contribution in [3.8, 4) is 0 Å². The number of hydrogen-bond donors (Lipinski definition) is 3. The van der Waals surface area contributed by atoms with Crippen molar-refractivity contribution in [3.05, 3.63) is 0 Å². The van der Waals surface area contributed by atoms with Gasteiger partial charge in [-0.2, -0.15) is 23.5 Å². The summed E-state index contributed by atoms with van der Waals surface area (Å²) >= 11 is 3.47. The van der Waals surface area contributed by atoms with Gasteiger partial charge in [-0.15, -0.1) is 0 Å². The number of carbonyl (C=O) groups excluding carboxylic acids is 1. The fraction of sp³-hybridized carbons (Fsp3) is 0.818. The molecule has 1 heterocycles. The molecule has 0 spiro atoms. The first-order valence-corrected chi connectivity index (χ1v) is 8.52. The zero-order chi connectivity index (χ0) is 13.4. The summed E-state index contributed by atoms with van der Waals surface area (Å²) in [5.41, 5.74) is 0. The van der Waals surface area contributed by atoms with Crippen LogP contribution in [0.25, 0.3) is 0 Å². The third kappa shape index (κ3) is 5.86. The average Bonchev–Trinajstić information content (AvgIpc) is 2.84. The van der Waals surface area contributed by atoms with Crippen molar-refractivity contribution in [2.45, 2.75) is 18.9 Å². The van der Waals surface area contributed by atoms with E-state index in [1.807, 2.05) is 18.0 Å². The lowest BCUT2D eigenvalue weighted by atomic mass is 10.1. The van der Waals surface area contributed by atoms with E-state index in [9.17, 15) is 9.59 Å². The highest BCUT2D eigenvalue weighted by Gasteiger charge is 2.20. The zero-order valence-corrected chi connectivity index (χ0v) is 12.1. The summed E-state index contributed by atoms with van der Waals surface area (Å²) in [6.07, 6.45) is 3.49. The van der Waals surface area contributed by atoms with Gasteiger partial charge in [-0.1, -0.05) is 0 Å². The Bertz CT molecular complexity index is 283. The average molecular weight is 292 g/mol. The number of rotatable bonds is 7.